The Morgan fingerprint density at radius 3 is 2.29 bits per heavy atom. The lowest BCUT2D eigenvalue weighted by atomic mass is 9.84. The van der Waals surface area contributed by atoms with Crippen molar-refractivity contribution in [1.82, 2.24) is 35.2 Å². The van der Waals surface area contributed by atoms with E-state index in [-0.39, 0.29) is 68.3 Å². The number of thiazole rings is 1. The van der Waals surface area contributed by atoms with Gasteiger partial charge in [-0.2, -0.15) is 0 Å². The molecule has 0 bridgehead atoms. The molecule has 1 unspecified atom stereocenters. The maximum absolute atomic E-state index is 16.2. The van der Waals surface area contributed by atoms with Crippen molar-refractivity contribution >= 4 is 34.6 Å². The minimum absolute atomic E-state index is 0.00263. The van der Waals surface area contributed by atoms with Gasteiger partial charge in [-0.25, -0.2) is 18.2 Å². The van der Waals surface area contributed by atoms with Gasteiger partial charge in [0.25, 0.3) is 0 Å². The number of aryl methyl sites for hydroxylation is 1. The molecule has 1 aromatic heterocycles. The predicted molar refractivity (Wildman–Crippen MR) is 278 cm³/mol. The summed E-state index contributed by atoms with van der Waals surface area (Å²) in [5.74, 6) is -2.32. The number of aliphatic hydroxyl groups is 1. The smallest absolute Gasteiger partial charge is 0.246 e. The summed E-state index contributed by atoms with van der Waals surface area (Å²) < 4.78 is 53.5. The van der Waals surface area contributed by atoms with Crippen molar-refractivity contribution in [3.05, 3.63) is 111 Å². The average molecular weight is 1010 g/mol. The number of halogens is 3. The summed E-state index contributed by atoms with van der Waals surface area (Å²) in [7, 11) is 3.97. The van der Waals surface area contributed by atoms with E-state index in [4.69, 9.17) is 4.74 Å². The molecular weight excluding hydrogens is 940 g/mol. The average Bonchev–Trinajstić information content (AvgIpc) is 4.04. The number of aliphatic hydroxyl groups excluding tert-OH is 1. The van der Waals surface area contributed by atoms with Gasteiger partial charge < -0.3 is 35.2 Å². The number of carbonyl (C=O) groups excluding carboxylic acids is 3. The topological polar surface area (TPSA) is 131 Å². The molecule has 3 N–H and O–H groups in total. The zero-order chi connectivity index (χ0) is 52.1. The molecule has 5 atom stereocenters. The minimum Gasteiger partial charge on any atom is -0.492 e. The molecule has 3 heterocycles. The van der Waals surface area contributed by atoms with E-state index >= 15 is 13.2 Å². The van der Waals surface area contributed by atoms with Crippen LogP contribution in [0.4, 0.5) is 13.2 Å². The van der Waals surface area contributed by atoms with Gasteiger partial charge in [-0.05, 0) is 113 Å². The van der Waals surface area contributed by atoms with E-state index in [2.05, 4.69) is 37.6 Å². The highest BCUT2D eigenvalue weighted by Gasteiger charge is 2.45. The molecule has 4 aromatic rings. The zero-order valence-corrected chi connectivity index (χ0v) is 44.3. The number of ether oxygens (including phenoxy) is 1. The second kappa shape index (κ2) is 23.4. The summed E-state index contributed by atoms with van der Waals surface area (Å²) in [4.78, 5) is 53.9. The maximum atomic E-state index is 16.2. The quantitative estimate of drug-likeness (QED) is 0.0704. The number of likely N-dealkylation sites (N-methyl/N-ethyl adjacent to an activating group) is 2. The van der Waals surface area contributed by atoms with Crippen molar-refractivity contribution in [2.75, 3.05) is 60.0 Å². The molecule has 1 fully saturated rings. The normalized spacial score (nSPS) is 19.7. The van der Waals surface area contributed by atoms with Gasteiger partial charge in [0, 0.05) is 75.8 Å². The van der Waals surface area contributed by atoms with Gasteiger partial charge in [-0.1, -0.05) is 69.3 Å². The number of nitrogens with one attached hydrogen (secondary N) is 2. The molecule has 3 amide bonds. The number of aromatic nitrogens is 1. The molecule has 0 radical (unpaired) electrons. The number of carbonyl (C=O) groups is 3. The van der Waals surface area contributed by atoms with Crippen LogP contribution in [0.2, 0.25) is 0 Å². The van der Waals surface area contributed by atoms with E-state index in [0.717, 1.165) is 63.5 Å². The molecule has 0 saturated carbocycles. The first kappa shape index (κ1) is 54.6. The van der Waals surface area contributed by atoms with E-state index in [1.165, 1.54) is 30.9 Å². The Bertz CT molecular complexity index is 2550. The Hall–Kier alpha value is -5.13. The Balaban J connectivity index is 0.832. The molecule has 0 spiro atoms. The van der Waals surface area contributed by atoms with Crippen LogP contribution >= 0.6 is 11.3 Å². The third-order valence-corrected chi connectivity index (χ3v) is 15.2. The highest BCUT2D eigenvalue weighted by Crippen LogP contribution is 2.50. The number of amides is 3. The van der Waals surface area contributed by atoms with Crippen LogP contribution in [-0.4, -0.2) is 137 Å². The summed E-state index contributed by atoms with van der Waals surface area (Å²) in [6.07, 6.45) is 2.07. The van der Waals surface area contributed by atoms with Crippen LogP contribution in [-0.2, 0) is 27.3 Å². The van der Waals surface area contributed by atoms with E-state index in [0.29, 0.717) is 32.4 Å². The molecule has 12 nitrogen and oxygen atoms in total. The van der Waals surface area contributed by atoms with E-state index < -0.39 is 52.9 Å². The first-order valence-electron chi connectivity index (χ1n) is 25.4. The van der Waals surface area contributed by atoms with Gasteiger partial charge in [-0.15, -0.1) is 11.3 Å². The summed E-state index contributed by atoms with van der Waals surface area (Å²) in [6.45, 7) is 15.8. The number of β-amino-alcohol motifs (C(OH)–C–C–N with tert-alkyl or cyclic N) is 1. The van der Waals surface area contributed by atoms with Crippen LogP contribution in [0, 0.1) is 24.0 Å². The summed E-state index contributed by atoms with van der Waals surface area (Å²) >= 11 is 1.57. The highest BCUT2D eigenvalue weighted by molar-refractivity contribution is 7.13. The fourth-order valence-corrected chi connectivity index (χ4v) is 11.1. The zero-order valence-electron chi connectivity index (χ0n) is 43.5. The minimum atomic E-state index is -1.57. The van der Waals surface area contributed by atoms with Crippen molar-refractivity contribution in [3.8, 4) is 16.2 Å². The lowest BCUT2D eigenvalue weighted by Gasteiger charge is -2.44. The second-order valence-corrected chi connectivity index (χ2v) is 22.7. The number of fused-ring (bicyclic) bond motifs is 2. The van der Waals surface area contributed by atoms with Gasteiger partial charge in [0.1, 0.15) is 41.7 Å². The maximum Gasteiger partial charge on any atom is 0.246 e. The van der Waals surface area contributed by atoms with Crippen LogP contribution in [0.1, 0.15) is 108 Å². The SMILES string of the molecule is Cc1ncsc1-c1ccc(CNC(=O)[C@@H]2C[C@@H](O)CN2C(=O)[C@@H](NC(=O)CCCCN(C)CCN(C)CCOc2cc(F)c(C3C4=C(C[C@@H](C)N3CC(C)(C)F)c3ccccc3C4)c(F)c2)C(C)(C)C)cc1. The molecule has 16 heteroatoms. The Labute approximate surface area is 428 Å². The van der Waals surface area contributed by atoms with Crippen LogP contribution in [0.25, 0.3) is 16.0 Å². The molecular formula is C56H74F3N7O5S. The van der Waals surface area contributed by atoms with Gasteiger partial charge in [0.15, 0.2) is 0 Å². The van der Waals surface area contributed by atoms with Crippen LogP contribution in [0.15, 0.2) is 71.7 Å². The summed E-state index contributed by atoms with van der Waals surface area (Å²) in [6, 6.07) is 15.8. The predicted octanol–water partition coefficient (Wildman–Crippen LogP) is 8.51. The number of unbranched alkanes of at least 4 members (excludes halogenated alkanes) is 1. The number of likely N-dealkylation sites (tertiary alicyclic amines) is 1. The molecule has 1 saturated heterocycles. The number of hydrogen-bond acceptors (Lipinski definition) is 10. The fraction of sp³-hybridized carbons (Fsp3) is 0.536. The Morgan fingerprint density at radius 2 is 1.64 bits per heavy atom. The standard InChI is InChI=1S/C56H74F3N7O5S/c1-35-26-43-42-15-11-10-14-39(42)27-44(43)50(66(35)33-56(6,7)59)49-45(57)29-41(30-46(49)58)71-25-24-64(9)23-22-63(8)21-13-12-16-48(68)62-52(55(3,4)5)54(70)65-32-40(67)28-47(65)53(69)60-31-37-17-19-38(20-18-37)51-36(2)61-34-72-51/h10-11,14-15,17-20,29-30,34-35,40,47,50,52,67H,12-13,16,21-28,31-33H2,1-9H3,(H,60,69)(H,62,68)/t35-,40-,47+,50?,52-/m1/s1. The van der Waals surface area contributed by atoms with Gasteiger partial charge in [0.2, 0.25) is 17.7 Å². The highest BCUT2D eigenvalue weighted by atomic mass is 32.1. The number of benzene rings is 3. The van der Waals surface area contributed by atoms with E-state index in [1.807, 2.05) is 95.5 Å². The van der Waals surface area contributed by atoms with Crippen molar-refractivity contribution in [3.63, 3.8) is 0 Å². The van der Waals surface area contributed by atoms with Crippen LogP contribution in [0.5, 0.6) is 5.75 Å². The van der Waals surface area contributed by atoms with Crippen LogP contribution in [0.3, 0.4) is 0 Å². The molecule has 1 aliphatic carbocycles. The lowest BCUT2D eigenvalue weighted by Crippen LogP contribution is -2.57. The largest absolute Gasteiger partial charge is 0.492 e. The molecule has 72 heavy (non-hydrogen) atoms. The molecule has 3 aromatic carbocycles. The van der Waals surface area contributed by atoms with Crippen molar-refractivity contribution in [1.29, 1.82) is 0 Å². The third kappa shape index (κ3) is 13.5. The van der Waals surface area contributed by atoms with Crippen LogP contribution < -0.4 is 15.4 Å². The Morgan fingerprint density at radius 1 is 0.958 bits per heavy atom. The van der Waals surface area contributed by atoms with Gasteiger partial charge >= 0.3 is 0 Å². The summed E-state index contributed by atoms with van der Waals surface area (Å²) in [5.41, 5.74) is 6.68. The fourth-order valence-electron chi connectivity index (χ4n) is 10.3. The third-order valence-electron chi connectivity index (χ3n) is 14.2. The van der Waals surface area contributed by atoms with Crippen molar-refractivity contribution in [2.24, 2.45) is 5.41 Å². The molecule has 7 rings (SSSR count). The number of hydrogen-bond donors (Lipinski definition) is 3. The number of rotatable bonds is 21. The van der Waals surface area contributed by atoms with Gasteiger partial charge in [-0.3, -0.25) is 19.3 Å². The van der Waals surface area contributed by atoms with E-state index in [1.54, 1.807) is 11.3 Å². The summed E-state index contributed by atoms with van der Waals surface area (Å²) in [5, 5.41) is 16.5. The number of nitrogens with zero attached hydrogens (tertiary/aromatic N) is 5. The first-order chi connectivity index (χ1) is 34.1. The first-order valence-corrected chi connectivity index (χ1v) is 26.2. The Kier molecular flexibility index (Phi) is 17.7. The molecule has 390 valence electrons. The van der Waals surface area contributed by atoms with Crippen molar-refractivity contribution < 1.29 is 37.4 Å². The van der Waals surface area contributed by atoms with Crippen molar-refractivity contribution in [2.45, 2.75) is 129 Å². The van der Waals surface area contributed by atoms with E-state index in [9.17, 15) is 19.5 Å². The van der Waals surface area contributed by atoms with Gasteiger partial charge in [0.05, 0.1) is 28.2 Å². The molecule has 3 aliphatic rings. The lowest BCUT2D eigenvalue weighted by molar-refractivity contribution is -0.144. The second-order valence-electron chi connectivity index (χ2n) is 21.8. The molecule has 2 aliphatic heterocycles. The monoisotopic (exact) mass is 1010 g/mol. The number of alkyl halides is 1.